The summed E-state index contributed by atoms with van der Waals surface area (Å²) >= 11 is 3.36. The molecule has 2 heterocycles. The minimum atomic E-state index is 0.815. The smallest absolute Gasteiger partial charge is 0.139 e. The predicted octanol–water partition coefficient (Wildman–Crippen LogP) is 3.79. The highest BCUT2D eigenvalue weighted by atomic mass is 79.9. The molecule has 21 heavy (non-hydrogen) atoms. The molecule has 0 saturated heterocycles. The van der Waals surface area contributed by atoms with Gasteiger partial charge in [-0.15, -0.1) is 0 Å². The zero-order chi connectivity index (χ0) is 14.8. The van der Waals surface area contributed by atoms with Crippen molar-refractivity contribution in [3.05, 3.63) is 58.3 Å². The SMILES string of the molecule is CN(C)c1ccc(C#Cc2cc3ccc(Br)nc3[nH]2)cc1. The Morgan fingerprint density at radius 1 is 1.05 bits per heavy atom. The number of fused-ring (bicyclic) bond motifs is 1. The van der Waals surface area contributed by atoms with Gasteiger partial charge >= 0.3 is 0 Å². The van der Waals surface area contributed by atoms with Crippen molar-refractivity contribution in [1.82, 2.24) is 9.97 Å². The molecule has 0 unspecified atom stereocenters. The summed E-state index contributed by atoms with van der Waals surface area (Å²) in [7, 11) is 4.05. The van der Waals surface area contributed by atoms with Crippen LogP contribution in [-0.4, -0.2) is 24.1 Å². The van der Waals surface area contributed by atoms with Crippen LogP contribution in [0.25, 0.3) is 11.0 Å². The molecule has 3 aromatic rings. The van der Waals surface area contributed by atoms with Crippen LogP contribution in [0, 0.1) is 11.8 Å². The topological polar surface area (TPSA) is 31.9 Å². The van der Waals surface area contributed by atoms with Crippen LogP contribution in [-0.2, 0) is 0 Å². The minimum absolute atomic E-state index is 0.815. The van der Waals surface area contributed by atoms with Crippen molar-refractivity contribution in [3.63, 3.8) is 0 Å². The van der Waals surface area contributed by atoms with E-state index in [4.69, 9.17) is 0 Å². The van der Waals surface area contributed by atoms with E-state index in [2.05, 4.69) is 54.8 Å². The van der Waals surface area contributed by atoms with Crippen LogP contribution in [0.2, 0.25) is 0 Å². The van der Waals surface area contributed by atoms with Crippen molar-refractivity contribution in [2.45, 2.75) is 0 Å². The number of aromatic amines is 1. The van der Waals surface area contributed by atoms with Gasteiger partial charge in [0.2, 0.25) is 0 Å². The van der Waals surface area contributed by atoms with Crippen molar-refractivity contribution in [2.24, 2.45) is 0 Å². The average molecular weight is 340 g/mol. The first-order valence-electron chi connectivity index (χ1n) is 6.56. The molecular formula is C17H14BrN3. The third-order valence-electron chi connectivity index (χ3n) is 3.17. The van der Waals surface area contributed by atoms with Gasteiger partial charge in [0.05, 0.1) is 5.69 Å². The van der Waals surface area contributed by atoms with E-state index in [9.17, 15) is 0 Å². The summed E-state index contributed by atoms with van der Waals surface area (Å²) in [6.45, 7) is 0. The van der Waals surface area contributed by atoms with Crippen molar-refractivity contribution in [3.8, 4) is 11.8 Å². The van der Waals surface area contributed by atoms with Gasteiger partial charge in [-0.3, -0.25) is 0 Å². The number of aromatic nitrogens is 2. The lowest BCUT2D eigenvalue weighted by molar-refractivity contribution is 1.13. The molecule has 0 radical (unpaired) electrons. The van der Waals surface area contributed by atoms with Gasteiger partial charge in [-0.05, 0) is 64.3 Å². The predicted molar refractivity (Wildman–Crippen MR) is 90.5 cm³/mol. The fourth-order valence-electron chi connectivity index (χ4n) is 2.03. The van der Waals surface area contributed by atoms with Gasteiger partial charge in [-0.2, -0.15) is 0 Å². The molecule has 0 atom stereocenters. The molecule has 0 aliphatic rings. The summed E-state index contributed by atoms with van der Waals surface area (Å²) in [6, 6.07) is 14.1. The first-order chi connectivity index (χ1) is 10.1. The lowest BCUT2D eigenvalue weighted by Gasteiger charge is -2.11. The minimum Gasteiger partial charge on any atom is -0.378 e. The summed E-state index contributed by atoms with van der Waals surface area (Å²) in [5, 5.41) is 1.06. The Balaban J connectivity index is 1.88. The van der Waals surface area contributed by atoms with Crippen LogP contribution < -0.4 is 4.90 Å². The second-order valence-electron chi connectivity index (χ2n) is 4.95. The lowest BCUT2D eigenvalue weighted by Crippen LogP contribution is -2.07. The summed E-state index contributed by atoms with van der Waals surface area (Å²) in [4.78, 5) is 9.65. The number of H-pyrrole nitrogens is 1. The molecule has 0 amide bonds. The lowest BCUT2D eigenvalue weighted by atomic mass is 10.2. The zero-order valence-corrected chi connectivity index (χ0v) is 13.4. The number of pyridine rings is 1. The number of hydrogen-bond acceptors (Lipinski definition) is 2. The second-order valence-corrected chi connectivity index (χ2v) is 5.76. The Morgan fingerprint density at radius 2 is 1.81 bits per heavy atom. The van der Waals surface area contributed by atoms with Gasteiger partial charge in [-0.1, -0.05) is 5.92 Å². The molecule has 0 bridgehead atoms. The molecule has 2 aromatic heterocycles. The highest BCUT2D eigenvalue weighted by molar-refractivity contribution is 9.10. The number of nitrogens with one attached hydrogen (secondary N) is 1. The molecule has 3 rings (SSSR count). The Labute approximate surface area is 132 Å². The van der Waals surface area contributed by atoms with E-state index in [0.29, 0.717) is 0 Å². The molecule has 0 aliphatic carbocycles. The van der Waals surface area contributed by atoms with Crippen LogP contribution in [0.1, 0.15) is 11.3 Å². The van der Waals surface area contributed by atoms with Crippen molar-refractivity contribution in [2.75, 3.05) is 19.0 Å². The van der Waals surface area contributed by atoms with E-state index in [0.717, 1.165) is 26.9 Å². The van der Waals surface area contributed by atoms with Crippen molar-refractivity contribution < 1.29 is 0 Å². The molecule has 0 spiro atoms. The maximum atomic E-state index is 4.37. The summed E-state index contributed by atoms with van der Waals surface area (Å²) in [5.74, 6) is 6.31. The fraction of sp³-hybridized carbons (Fsp3) is 0.118. The monoisotopic (exact) mass is 339 g/mol. The molecule has 1 N–H and O–H groups in total. The van der Waals surface area contributed by atoms with E-state index in [1.54, 1.807) is 0 Å². The van der Waals surface area contributed by atoms with Gasteiger partial charge in [0.15, 0.2) is 0 Å². The highest BCUT2D eigenvalue weighted by Crippen LogP contribution is 2.16. The maximum absolute atomic E-state index is 4.37. The number of benzene rings is 1. The number of halogens is 1. The van der Waals surface area contributed by atoms with Gasteiger partial charge in [0.1, 0.15) is 10.3 Å². The molecular weight excluding hydrogens is 326 g/mol. The molecule has 0 fully saturated rings. The van der Waals surface area contributed by atoms with E-state index in [1.807, 2.05) is 44.4 Å². The molecule has 3 nitrogen and oxygen atoms in total. The average Bonchev–Trinajstić information content (AvgIpc) is 2.87. The summed E-state index contributed by atoms with van der Waals surface area (Å²) < 4.78 is 0.815. The van der Waals surface area contributed by atoms with Crippen LogP contribution >= 0.6 is 15.9 Å². The van der Waals surface area contributed by atoms with Crippen LogP contribution in [0.3, 0.4) is 0 Å². The van der Waals surface area contributed by atoms with E-state index >= 15 is 0 Å². The largest absolute Gasteiger partial charge is 0.378 e. The van der Waals surface area contributed by atoms with E-state index in [1.165, 1.54) is 5.69 Å². The standard InChI is InChI=1S/C17H14BrN3/c1-21(2)15-8-4-12(5-9-15)3-7-14-11-13-6-10-16(18)20-17(13)19-14/h4-6,8-11H,1-2H3,(H,19,20). The molecule has 0 aliphatic heterocycles. The maximum Gasteiger partial charge on any atom is 0.139 e. The van der Waals surface area contributed by atoms with Crippen LogP contribution in [0.15, 0.2) is 47.1 Å². The normalized spacial score (nSPS) is 10.2. The molecule has 1 aromatic carbocycles. The van der Waals surface area contributed by atoms with Crippen LogP contribution in [0.4, 0.5) is 5.69 Å². The first kappa shape index (κ1) is 13.7. The Kier molecular flexibility index (Phi) is 3.68. The molecule has 4 heteroatoms. The number of anilines is 1. The fourth-order valence-corrected chi connectivity index (χ4v) is 2.34. The number of rotatable bonds is 1. The van der Waals surface area contributed by atoms with E-state index in [-0.39, 0.29) is 0 Å². The van der Waals surface area contributed by atoms with Crippen molar-refractivity contribution in [1.29, 1.82) is 0 Å². The molecule has 104 valence electrons. The van der Waals surface area contributed by atoms with Gasteiger partial charge in [-0.25, -0.2) is 4.98 Å². The quantitative estimate of drug-likeness (QED) is 0.540. The summed E-state index contributed by atoms with van der Waals surface area (Å²) in [6.07, 6.45) is 0. The van der Waals surface area contributed by atoms with Gasteiger partial charge < -0.3 is 9.88 Å². The number of nitrogens with zero attached hydrogens (tertiary/aromatic N) is 2. The second kappa shape index (κ2) is 5.63. The Morgan fingerprint density at radius 3 is 2.52 bits per heavy atom. The van der Waals surface area contributed by atoms with Gasteiger partial charge in [0.25, 0.3) is 0 Å². The first-order valence-corrected chi connectivity index (χ1v) is 7.36. The Hall–Kier alpha value is -2.25. The Bertz CT molecular complexity index is 836. The highest BCUT2D eigenvalue weighted by Gasteiger charge is 2.00. The third-order valence-corrected chi connectivity index (χ3v) is 3.61. The van der Waals surface area contributed by atoms with E-state index < -0.39 is 0 Å². The van der Waals surface area contributed by atoms with Crippen LogP contribution in [0.5, 0.6) is 0 Å². The third kappa shape index (κ3) is 3.09. The molecule has 0 saturated carbocycles. The number of hydrogen-bond donors (Lipinski definition) is 1. The van der Waals surface area contributed by atoms with Gasteiger partial charge in [0, 0.05) is 30.7 Å². The zero-order valence-electron chi connectivity index (χ0n) is 11.8. The summed E-state index contributed by atoms with van der Waals surface area (Å²) in [5.41, 5.74) is 3.87. The van der Waals surface area contributed by atoms with Crippen molar-refractivity contribution >= 4 is 32.7 Å².